The van der Waals surface area contributed by atoms with Crippen LogP contribution in [0, 0.1) is 0 Å². The lowest BCUT2D eigenvalue weighted by atomic mass is 10.1. The van der Waals surface area contributed by atoms with Crippen LogP contribution in [-0.2, 0) is 4.79 Å². The number of benzene rings is 2. The van der Waals surface area contributed by atoms with Crippen LogP contribution in [0.15, 0.2) is 54.6 Å². The number of para-hydroxylation sites is 1. The molecule has 0 saturated heterocycles. The van der Waals surface area contributed by atoms with Crippen LogP contribution in [0.5, 0.6) is 5.75 Å². The molecule has 0 atom stereocenters. The Labute approximate surface area is 165 Å². The van der Waals surface area contributed by atoms with E-state index in [1.807, 2.05) is 68.7 Å². The summed E-state index contributed by atoms with van der Waals surface area (Å²) in [5, 5.41) is 3.42. The Bertz CT molecular complexity index is 738. The topological polar surface area (TPSA) is 65.6 Å². The zero-order chi connectivity index (χ0) is 19.5. The van der Waals surface area contributed by atoms with Crippen molar-refractivity contribution in [1.29, 1.82) is 0 Å². The third kappa shape index (κ3) is 7.64. The van der Waals surface area contributed by atoms with Crippen molar-refractivity contribution >= 4 is 23.2 Å². The molecule has 2 aromatic rings. The van der Waals surface area contributed by atoms with Crippen LogP contribution in [0.4, 0.5) is 0 Å². The lowest BCUT2D eigenvalue weighted by Crippen LogP contribution is -2.48. The van der Waals surface area contributed by atoms with Crippen molar-refractivity contribution < 1.29 is 9.53 Å². The highest BCUT2D eigenvalue weighted by atomic mass is 32.1. The van der Waals surface area contributed by atoms with Crippen LogP contribution in [0.1, 0.15) is 6.42 Å². The number of thiocarbonyl (C=S) groups is 1. The highest BCUT2D eigenvalue weighted by Gasteiger charge is 2.08. The first-order valence-corrected chi connectivity index (χ1v) is 9.22. The summed E-state index contributed by atoms with van der Waals surface area (Å²) in [6.07, 6.45) is 0.960. The number of hydrazine groups is 1. The lowest BCUT2D eigenvalue weighted by molar-refractivity contribution is -0.123. The molecule has 0 aliphatic heterocycles. The fourth-order valence-corrected chi connectivity index (χ4v) is 2.55. The molecular formula is C20H26N4O2S. The second kappa shape index (κ2) is 11.2. The Balaban J connectivity index is 1.76. The Kier molecular flexibility index (Phi) is 8.54. The summed E-state index contributed by atoms with van der Waals surface area (Å²) in [5.41, 5.74) is 7.19. The fraction of sp³-hybridized carbons (Fsp3) is 0.300. The van der Waals surface area contributed by atoms with Gasteiger partial charge >= 0.3 is 0 Å². The summed E-state index contributed by atoms with van der Waals surface area (Å²) < 4.78 is 5.69. The van der Waals surface area contributed by atoms with Crippen molar-refractivity contribution in [1.82, 2.24) is 21.1 Å². The van der Waals surface area contributed by atoms with Crippen LogP contribution < -0.4 is 20.9 Å². The third-order valence-corrected chi connectivity index (χ3v) is 3.96. The number of ether oxygens (including phenoxy) is 1. The van der Waals surface area contributed by atoms with E-state index in [1.54, 1.807) is 0 Å². The van der Waals surface area contributed by atoms with E-state index in [-0.39, 0.29) is 12.5 Å². The number of rotatable bonds is 8. The molecule has 0 spiro atoms. The molecule has 0 fully saturated rings. The molecule has 2 rings (SSSR count). The SMILES string of the molecule is CN(C)CCCNC(=S)NNC(=O)COc1ccccc1-c1ccccc1. The first-order valence-electron chi connectivity index (χ1n) is 8.81. The van der Waals surface area contributed by atoms with E-state index >= 15 is 0 Å². The zero-order valence-electron chi connectivity index (χ0n) is 15.7. The monoisotopic (exact) mass is 386 g/mol. The average Bonchev–Trinajstić information content (AvgIpc) is 2.69. The number of carbonyl (C=O) groups excluding carboxylic acids is 1. The van der Waals surface area contributed by atoms with Gasteiger partial charge in [0.25, 0.3) is 5.91 Å². The van der Waals surface area contributed by atoms with Gasteiger partial charge in [-0.2, -0.15) is 0 Å². The van der Waals surface area contributed by atoms with E-state index in [9.17, 15) is 4.79 Å². The second-order valence-corrected chi connectivity index (χ2v) is 6.65. The van der Waals surface area contributed by atoms with Gasteiger partial charge in [-0.1, -0.05) is 48.5 Å². The van der Waals surface area contributed by atoms with Crippen LogP contribution >= 0.6 is 12.2 Å². The first kappa shape index (κ1) is 20.7. The van der Waals surface area contributed by atoms with Gasteiger partial charge in [-0.3, -0.25) is 15.6 Å². The summed E-state index contributed by atoms with van der Waals surface area (Å²) in [4.78, 5) is 14.1. The summed E-state index contributed by atoms with van der Waals surface area (Å²) in [5.74, 6) is 0.346. The molecule has 0 heterocycles. The maximum absolute atomic E-state index is 12.0. The normalized spacial score (nSPS) is 10.3. The van der Waals surface area contributed by atoms with Crippen LogP contribution in [0.25, 0.3) is 11.1 Å². The summed E-state index contributed by atoms with van der Waals surface area (Å²) in [7, 11) is 4.04. The molecule has 7 heteroatoms. The molecule has 144 valence electrons. The lowest BCUT2D eigenvalue weighted by Gasteiger charge is -2.14. The molecule has 0 saturated carbocycles. The van der Waals surface area contributed by atoms with Gasteiger partial charge in [-0.15, -0.1) is 0 Å². The maximum Gasteiger partial charge on any atom is 0.276 e. The van der Waals surface area contributed by atoms with E-state index in [0.29, 0.717) is 10.9 Å². The van der Waals surface area contributed by atoms with E-state index < -0.39 is 0 Å². The third-order valence-electron chi connectivity index (χ3n) is 3.71. The molecule has 27 heavy (non-hydrogen) atoms. The van der Waals surface area contributed by atoms with Crippen molar-refractivity contribution in [2.75, 3.05) is 33.8 Å². The highest BCUT2D eigenvalue weighted by molar-refractivity contribution is 7.80. The Morgan fingerprint density at radius 3 is 2.48 bits per heavy atom. The van der Waals surface area contributed by atoms with Gasteiger partial charge in [0.15, 0.2) is 11.7 Å². The van der Waals surface area contributed by atoms with E-state index in [2.05, 4.69) is 21.1 Å². The molecule has 6 nitrogen and oxygen atoms in total. The number of nitrogens with zero attached hydrogens (tertiary/aromatic N) is 1. The standard InChI is InChI=1S/C20H26N4O2S/c1-24(2)14-8-13-21-20(27)23-22-19(25)15-26-18-12-7-6-11-17(18)16-9-4-3-5-10-16/h3-7,9-12H,8,13-15H2,1-2H3,(H,22,25)(H2,21,23,27). The molecule has 0 aromatic heterocycles. The van der Waals surface area contributed by atoms with Gasteiger partial charge in [0.05, 0.1) is 0 Å². The van der Waals surface area contributed by atoms with Gasteiger partial charge in [0.2, 0.25) is 0 Å². The van der Waals surface area contributed by atoms with Gasteiger partial charge in [0.1, 0.15) is 5.75 Å². The molecule has 1 amide bonds. The van der Waals surface area contributed by atoms with Crippen LogP contribution in [0.2, 0.25) is 0 Å². The van der Waals surface area contributed by atoms with Gasteiger partial charge in [-0.25, -0.2) is 0 Å². The Morgan fingerprint density at radius 2 is 1.74 bits per heavy atom. The minimum absolute atomic E-state index is 0.111. The number of nitrogens with one attached hydrogen (secondary N) is 3. The fourth-order valence-electron chi connectivity index (χ4n) is 2.40. The molecule has 3 N–H and O–H groups in total. The van der Waals surface area contributed by atoms with Gasteiger partial charge < -0.3 is 15.0 Å². The van der Waals surface area contributed by atoms with E-state index in [1.165, 1.54) is 0 Å². The van der Waals surface area contributed by atoms with Crippen molar-refractivity contribution in [2.24, 2.45) is 0 Å². The van der Waals surface area contributed by atoms with Crippen molar-refractivity contribution in [2.45, 2.75) is 6.42 Å². The quantitative estimate of drug-likeness (QED) is 0.367. The van der Waals surface area contributed by atoms with E-state index in [4.69, 9.17) is 17.0 Å². The molecule has 0 bridgehead atoms. The molecule has 0 aliphatic rings. The molecule has 0 radical (unpaired) electrons. The molecule has 2 aromatic carbocycles. The van der Waals surface area contributed by atoms with Crippen molar-refractivity contribution in [3.8, 4) is 16.9 Å². The highest BCUT2D eigenvalue weighted by Crippen LogP contribution is 2.29. The number of hydrogen-bond acceptors (Lipinski definition) is 4. The van der Waals surface area contributed by atoms with Crippen molar-refractivity contribution in [3.63, 3.8) is 0 Å². The summed E-state index contributed by atoms with van der Waals surface area (Å²) in [6, 6.07) is 17.5. The second-order valence-electron chi connectivity index (χ2n) is 6.24. The van der Waals surface area contributed by atoms with Crippen molar-refractivity contribution in [3.05, 3.63) is 54.6 Å². The van der Waals surface area contributed by atoms with Gasteiger partial charge in [-0.05, 0) is 50.9 Å². The van der Waals surface area contributed by atoms with Crippen LogP contribution in [-0.4, -0.2) is 49.7 Å². The predicted octanol–water partition coefficient (Wildman–Crippen LogP) is 2.18. The molecule has 0 aliphatic carbocycles. The zero-order valence-corrected chi connectivity index (χ0v) is 16.5. The summed E-state index contributed by atoms with van der Waals surface area (Å²) >= 11 is 5.12. The summed E-state index contributed by atoms with van der Waals surface area (Å²) in [6.45, 7) is 1.59. The minimum atomic E-state index is -0.310. The molecule has 0 unspecified atom stereocenters. The number of carbonyl (C=O) groups is 1. The minimum Gasteiger partial charge on any atom is -0.483 e. The number of amides is 1. The molecular weight excluding hydrogens is 360 g/mol. The Hall–Kier alpha value is -2.64. The first-order chi connectivity index (χ1) is 13.1. The van der Waals surface area contributed by atoms with E-state index in [0.717, 1.165) is 30.6 Å². The largest absolute Gasteiger partial charge is 0.483 e. The number of hydrogen-bond donors (Lipinski definition) is 3. The predicted molar refractivity (Wildman–Crippen MR) is 112 cm³/mol. The maximum atomic E-state index is 12.0. The van der Waals surface area contributed by atoms with Gasteiger partial charge in [0, 0.05) is 12.1 Å². The smallest absolute Gasteiger partial charge is 0.276 e. The Morgan fingerprint density at radius 1 is 1.04 bits per heavy atom. The average molecular weight is 387 g/mol. The van der Waals surface area contributed by atoms with Crippen LogP contribution in [0.3, 0.4) is 0 Å².